The van der Waals surface area contributed by atoms with Gasteiger partial charge in [-0.25, -0.2) is 0 Å². The molecule has 0 unspecified atom stereocenters. The Labute approximate surface area is 131 Å². The number of benzene rings is 2. The zero-order valence-electron chi connectivity index (χ0n) is 10.8. The second-order valence-corrected chi connectivity index (χ2v) is 5.33. The molecule has 0 aromatic heterocycles. The van der Waals surface area contributed by atoms with Crippen molar-refractivity contribution in [1.29, 1.82) is 0 Å². The molecule has 0 saturated carbocycles. The number of hydrogen-bond donors (Lipinski definition) is 1. The monoisotopic (exact) mass is 353 g/mol. The molecule has 0 spiro atoms. The molecule has 0 saturated heterocycles. The van der Waals surface area contributed by atoms with Gasteiger partial charge in [-0.3, -0.25) is 4.79 Å². The van der Waals surface area contributed by atoms with Crippen LogP contribution in [0.2, 0.25) is 5.02 Å². The lowest BCUT2D eigenvalue weighted by atomic mass is 10.2. The minimum Gasteiger partial charge on any atom is -0.492 e. The SMILES string of the molecule is CCOc1ccccc1NC(=O)c1cc(Br)ccc1Cl. The molecular weight excluding hydrogens is 342 g/mol. The van der Waals surface area contributed by atoms with Gasteiger partial charge in [-0.05, 0) is 37.3 Å². The molecule has 20 heavy (non-hydrogen) atoms. The molecule has 0 radical (unpaired) electrons. The Morgan fingerprint density at radius 1 is 1.30 bits per heavy atom. The molecule has 2 aromatic carbocycles. The third kappa shape index (κ3) is 3.52. The number of rotatable bonds is 4. The molecule has 0 bridgehead atoms. The lowest BCUT2D eigenvalue weighted by Gasteiger charge is -2.12. The van der Waals surface area contributed by atoms with Crippen LogP contribution in [0.15, 0.2) is 46.9 Å². The summed E-state index contributed by atoms with van der Waals surface area (Å²) in [4.78, 5) is 12.3. The predicted molar refractivity (Wildman–Crippen MR) is 84.7 cm³/mol. The van der Waals surface area contributed by atoms with Crippen LogP contribution >= 0.6 is 27.5 Å². The van der Waals surface area contributed by atoms with Gasteiger partial charge in [-0.2, -0.15) is 0 Å². The lowest BCUT2D eigenvalue weighted by Crippen LogP contribution is -2.13. The lowest BCUT2D eigenvalue weighted by molar-refractivity contribution is 0.102. The first-order valence-electron chi connectivity index (χ1n) is 6.10. The van der Waals surface area contributed by atoms with E-state index in [4.69, 9.17) is 16.3 Å². The highest BCUT2D eigenvalue weighted by molar-refractivity contribution is 9.10. The van der Waals surface area contributed by atoms with Crippen LogP contribution in [0.1, 0.15) is 17.3 Å². The number of carbonyl (C=O) groups excluding carboxylic acids is 1. The standard InChI is InChI=1S/C15H13BrClNO2/c1-2-20-14-6-4-3-5-13(14)18-15(19)11-9-10(16)7-8-12(11)17/h3-9H,2H2,1H3,(H,18,19). The van der Waals surface area contributed by atoms with Gasteiger partial charge in [0.1, 0.15) is 5.75 Å². The maximum atomic E-state index is 12.3. The molecule has 0 aliphatic rings. The third-order valence-electron chi connectivity index (χ3n) is 2.61. The maximum Gasteiger partial charge on any atom is 0.257 e. The molecule has 2 rings (SSSR count). The van der Waals surface area contributed by atoms with E-state index in [-0.39, 0.29) is 5.91 Å². The summed E-state index contributed by atoms with van der Waals surface area (Å²) in [6, 6.07) is 12.4. The van der Waals surface area contributed by atoms with Crippen LogP contribution in [0.5, 0.6) is 5.75 Å². The molecule has 3 nitrogen and oxygen atoms in total. The number of anilines is 1. The van der Waals surface area contributed by atoms with Gasteiger partial charge in [0.2, 0.25) is 0 Å². The number of ether oxygens (including phenoxy) is 1. The zero-order valence-corrected chi connectivity index (χ0v) is 13.2. The molecule has 1 amide bonds. The largest absolute Gasteiger partial charge is 0.492 e. The first-order chi connectivity index (χ1) is 9.61. The Kier molecular flexibility index (Phi) is 5.04. The number of carbonyl (C=O) groups is 1. The van der Waals surface area contributed by atoms with Crippen LogP contribution in [-0.4, -0.2) is 12.5 Å². The number of halogens is 2. The van der Waals surface area contributed by atoms with Gasteiger partial charge in [0.25, 0.3) is 5.91 Å². The fraction of sp³-hybridized carbons (Fsp3) is 0.133. The van der Waals surface area contributed by atoms with Gasteiger partial charge >= 0.3 is 0 Å². The molecule has 2 aromatic rings. The third-order valence-corrected chi connectivity index (χ3v) is 3.43. The highest BCUT2D eigenvalue weighted by Gasteiger charge is 2.13. The van der Waals surface area contributed by atoms with E-state index < -0.39 is 0 Å². The van der Waals surface area contributed by atoms with Gasteiger partial charge < -0.3 is 10.1 Å². The topological polar surface area (TPSA) is 38.3 Å². The fourth-order valence-electron chi connectivity index (χ4n) is 1.71. The molecule has 0 heterocycles. The average Bonchev–Trinajstić information content (AvgIpc) is 2.44. The van der Waals surface area contributed by atoms with Gasteiger partial charge in [0, 0.05) is 4.47 Å². The van der Waals surface area contributed by atoms with Crippen LogP contribution in [0.4, 0.5) is 5.69 Å². The Bertz CT molecular complexity index is 631. The van der Waals surface area contributed by atoms with Crippen molar-refractivity contribution in [2.75, 3.05) is 11.9 Å². The number of hydrogen-bond acceptors (Lipinski definition) is 2. The molecule has 0 aliphatic heterocycles. The van der Waals surface area contributed by atoms with E-state index in [2.05, 4.69) is 21.2 Å². The summed E-state index contributed by atoms with van der Waals surface area (Å²) in [5, 5.41) is 3.21. The van der Waals surface area contributed by atoms with E-state index >= 15 is 0 Å². The van der Waals surface area contributed by atoms with E-state index in [1.54, 1.807) is 24.3 Å². The van der Waals surface area contributed by atoms with Crippen molar-refractivity contribution >= 4 is 39.1 Å². The number of amides is 1. The maximum absolute atomic E-state index is 12.3. The Balaban J connectivity index is 2.26. The van der Waals surface area contributed by atoms with E-state index in [1.165, 1.54) is 0 Å². The van der Waals surface area contributed by atoms with Crippen LogP contribution in [0, 0.1) is 0 Å². The normalized spacial score (nSPS) is 10.2. The van der Waals surface area contributed by atoms with Crippen LogP contribution in [-0.2, 0) is 0 Å². The van der Waals surface area contributed by atoms with Crippen molar-refractivity contribution < 1.29 is 9.53 Å². The average molecular weight is 355 g/mol. The summed E-state index contributed by atoms with van der Waals surface area (Å²) in [6.45, 7) is 2.42. The fourth-order valence-corrected chi connectivity index (χ4v) is 2.28. The smallest absolute Gasteiger partial charge is 0.257 e. The summed E-state index contributed by atoms with van der Waals surface area (Å²) in [7, 11) is 0. The van der Waals surface area contributed by atoms with E-state index in [0.29, 0.717) is 28.6 Å². The molecule has 5 heteroatoms. The van der Waals surface area contributed by atoms with Crippen molar-refractivity contribution in [3.63, 3.8) is 0 Å². The van der Waals surface area contributed by atoms with Crippen LogP contribution in [0.25, 0.3) is 0 Å². The molecule has 0 fully saturated rings. The second kappa shape index (κ2) is 6.77. The summed E-state index contributed by atoms with van der Waals surface area (Å²) in [5.74, 6) is 0.359. The Morgan fingerprint density at radius 2 is 2.05 bits per heavy atom. The highest BCUT2D eigenvalue weighted by Crippen LogP contribution is 2.26. The molecule has 0 atom stereocenters. The first kappa shape index (κ1) is 14.9. The summed E-state index contributed by atoms with van der Waals surface area (Å²) < 4.78 is 6.27. The van der Waals surface area contributed by atoms with Gasteiger partial charge in [0.05, 0.1) is 22.9 Å². The van der Waals surface area contributed by atoms with Crippen molar-refractivity contribution in [2.45, 2.75) is 6.92 Å². The zero-order chi connectivity index (χ0) is 14.5. The summed E-state index contributed by atoms with van der Waals surface area (Å²) in [6.07, 6.45) is 0. The summed E-state index contributed by atoms with van der Waals surface area (Å²) in [5.41, 5.74) is 1.03. The minimum atomic E-state index is -0.275. The Hall–Kier alpha value is -1.52. The van der Waals surface area contributed by atoms with Crippen molar-refractivity contribution in [1.82, 2.24) is 0 Å². The van der Waals surface area contributed by atoms with Gasteiger partial charge in [0.15, 0.2) is 0 Å². The van der Waals surface area contributed by atoms with Crippen molar-refractivity contribution in [2.24, 2.45) is 0 Å². The van der Waals surface area contributed by atoms with E-state index in [1.807, 2.05) is 25.1 Å². The van der Waals surface area contributed by atoms with Crippen LogP contribution in [0.3, 0.4) is 0 Å². The molecule has 104 valence electrons. The van der Waals surface area contributed by atoms with E-state index in [0.717, 1.165) is 4.47 Å². The number of para-hydroxylation sites is 2. The molecular formula is C15H13BrClNO2. The quantitative estimate of drug-likeness (QED) is 0.860. The predicted octanol–water partition coefficient (Wildman–Crippen LogP) is 4.75. The van der Waals surface area contributed by atoms with Gasteiger partial charge in [-0.1, -0.05) is 39.7 Å². The van der Waals surface area contributed by atoms with Crippen LogP contribution < -0.4 is 10.1 Å². The summed E-state index contributed by atoms with van der Waals surface area (Å²) >= 11 is 9.37. The van der Waals surface area contributed by atoms with Crippen molar-refractivity contribution in [3.8, 4) is 5.75 Å². The second-order valence-electron chi connectivity index (χ2n) is 4.01. The van der Waals surface area contributed by atoms with Crippen molar-refractivity contribution in [3.05, 3.63) is 57.5 Å². The first-order valence-corrected chi connectivity index (χ1v) is 7.27. The number of nitrogens with one attached hydrogen (secondary N) is 1. The Morgan fingerprint density at radius 3 is 2.80 bits per heavy atom. The van der Waals surface area contributed by atoms with E-state index in [9.17, 15) is 4.79 Å². The molecule has 0 aliphatic carbocycles. The molecule has 1 N–H and O–H groups in total. The minimum absolute atomic E-state index is 0.275. The highest BCUT2D eigenvalue weighted by atomic mass is 79.9. The van der Waals surface area contributed by atoms with Gasteiger partial charge in [-0.15, -0.1) is 0 Å².